The molecule has 1 aromatic carbocycles. The molecule has 0 saturated carbocycles. The van der Waals surface area contributed by atoms with E-state index < -0.39 is 0 Å². The van der Waals surface area contributed by atoms with Crippen molar-refractivity contribution in [1.82, 2.24) is 0 Å². The highest BCUT2D eigenvalue weighted by Gasteiger charge is 2.13. The minimum atomic E-state index is -0.0668. The number of hydrogen-bond acceptors (Lipinski definition) is 1. The average molecular weight is 220 g/mol. The van der Waals surface area contributed by atoms with Crippen LogP contribution >= 0.6 is 0 Å². The molecule has 16 heavy (non-hydrogen) atoms. The van der Waals surface area contributed by atoms with Gasteiger partial charge in [0, 0.05) is 0 Å². The molecular formula is C15H24O. The van der Waals surface area contributed by atoms with Gasteiger partial charge in [-0.25, -0.2) is 0 Å². The number of rotatable bonds is 2. The van der Waals surface area contributed by atoms with E-state index in [2.05, 4.69) is 65.8 Å². The fraction of sp³-hybridized carbons (Fsp3) is 0.600. The van der Waals surface area contributed by atoms with Crippen molar-refractivity contribution in [3.8, 4) is 0 Å². The maximum absolute atomic E-state index is 5.74. The number of benzene rings is 1. The van der Waals surface area contributed by atoms with Gasteiger partial charge in [0.05, 0.1) is 12.2 Å². The minimum Gasteiger partial charge on any atom is -0.371 e. The molecule has 1 rings (SSSR count). The topological polar surface area (TPSA) is 9.23 Å². The fourth-order valence-corrected chi connectivity index (χ4v) is 1.40. The molecule has 0 fully saturated rings. The van der Waals surface area contributed by atoms with Gasteiger partial charge in [0.2, 0.25) is 0 Å². The molecule has 1 heteroatoms. The molecule has 0 spiro atoms. The minimum absolute atomic E-state index is 0.0668. The zero-order valence-corrected chi connectivity index (χ0v) is 11.4. The van der Waals surface area contributed by atoms with E-state index in [9.17, 15) is 0 Å². The van der Waals surface area contributed by atoms with Crippen molar-refractivity contribution in [3.63, 3.8) is 0 Å². The van der Waals surface area contributed by atoms with Crippen molar-refractivity contribution in [2.24, 2.45) is 0 Å². The average Bonchev–Trinajstić information content (AvgIpc) is 2.13. The molecule has 0 amide bonds. The molecular weight excluding hydrogens is 196 g/mol. The van der Waals surface area contributed by atoms with Gasteiger partial charge in [-0.05, 0) is 37.3 Å². The molecule has 1 nitrogen and oxygen atoms in total. The lowest BCUT2D eigenvalue weighted by molar-refractivity contribution is -0.0149. The van der Waals surface area contributed by atoms with E-state index in [1.807, 2.05) is 0 Å². The molecule has 0 aliphatic rings. The summed E-state index contributed by atoms with van der Waals surface area (Å²) in [5.41, 5.74) is 2.77. The molecule has 0 N–H and O–H groups in total. The van der Waals surface area contributed by atoms with Gasteiger partial charge in [-0.2, -0.15) is 0 Å². The van der Waals surface area contributed by atoms with Crippen LogP contribution in [0.4, 0.5) is 0 Å². The zero-order chi connectivity index (χ0) is 12.4. The summed E-state index contributed by atoms with van der Waals surface area (Å²) in [6, 6.07) is 8.71. The third-order valence-electron chi connectivity index (χ3n) is 2.49. The highest BCUT2D eigenvalue weighted by molar-refractivity contribution is 5.27. The van der Waals surface area contributed by atoms with Gasteiger partial charge in [-0.3, -0.25) is 0 Å². The van der Waals surface area contributed by atoms with Crippen LogP contribution < -0.4 is 0 Å². The standard InChI is InChI=1S/C15H24O/c1-14(2,3)13-9-7-12(8-10-13)11-16-15(4,5)6/h7-10H,11H2,1-6H3. The quantitative estimate of drug-likeness (QED) is 0.722. The van der Waals surface area contributed by atoms with Gasteiger partial charge in [-0.15, -0.1) is 0 Å². The van der Waals surface area contributed by atoms with E-state index in [1.54, 1.807) is 0 Å². The van der Waals surface area contributed by atoms with Crippen LogP contribution in [0.3, 0.4) is 0 Å². The van der Waals surface area contributed by atoms with Crippen molar-refractivity contribution >= 4 is 0 Å². The van der Waals surface area contributed by atoms with Crippen LogP contribution in [0, 0.1) is 0 Å². The summed E-state index contributed by atoms with van der Waals surface area (Å²) in [4.78, 5) is 0. The van der Waals surface area contributed by atoms with Crippen LogP contribution in [0.5, 0.6) is 0 Å². The molecule has 1 aromatic rings. The maximum Gasteiger partial charge on any atom is 0.0724 e. The molecule has 0 aliphatic heterocycles. The van der Waals surface area contributed by atoms with Crippen LogP contribution in [0.2, 0.25) is 0 Å². The van der Waals surface area contributed by atoms with E-state index in [1.165, 1.54) is 11.1 Å². The Balaban J connectivity index is 2.66. The molecule has 0 bridgehead atoms. The number of ether oxygens (including phenoxy) is 1. The smallest absolute Gasteiger partial charge is 0.0724 e. The highest BCUT2D eigenvalue weighted by atomic mass is 16.5. The van der Waals surface area contributed by atoms with Crippen molar-refractivity contribution in [2.75, 3.05) is 0 Å². The van der Waals surface area contributed by atoms with Gasteiger partial charge >= 0.3 is 0 Å². The zero-order valence-electron chi connectivity index (χ0n) is 11.4. The Bertz CT molecular complexity index is 322. The van der Waals surface area contributed by atoms with Gasteiger partial charge in [0.1, 0.15) is 0 Å². The van der Waals surface area contributed by atoms with Crippen molar-refractivity contribution in [3.05, 3.63) is 35.4 Å². The first kappa shape index (κ1) is 13.2. The second-order valence-corrected chi connectivity index (χ2v) is 6.35. The Kier molecular flexibility index (Phi) is 3.80. The normalized spacial score (nSPS) is 12.9. The molecule has 0 saturated heterocycles. The first-order valence-electron chi connectivity index (χ1n) is 5.92. The maximum atomic E-state index is 5.74. The Morgan fingerprint density at radius 3 is 1.75 bits per heavy atom. The molecule has 90 valence electrons. The Hall–Kier alpha value is -0.820. The molecule has 0 aromatic heterocycles. The van der Waals surface area contributed by atoms with E-state index >= 15 is 0 Å². The van der Waals surface area contributed by atoms with Gasteiger partial charge in [0.25, 0.3) is 0 Å². The Labute approximate surface area is 99.8 Å². The van der Waals surface area contributed by atoms with Crippen LogP contribution in [0.15, 0.2) is 24.3 Å². The van der Waals surface area contributed by atoms with E-state index in [-0.39, 0.29) is 11.0 Å². The van der Waals surface area contributed by atoms with Crippen LogP contribution in [-0.4, -0.2) is 5.60 Å². The lowest BCUT2D eigenvalue weighted by Gasteiger charge is -2.21. The number of hydrogen-bond donors (Lipinski definition) is 0. The van der Waals surface area contributed by atoms with E-state index in [0.717, 1.165) is 0 Å². The fourth-order valence-electron chi connectivity index (χ4n) is 1.40. The summed E-state index contributed by atoms with van der Waals surface area (Å²) >= 11 is 0. The first-order chi connectivity index (χ1) is 7.18. The third-order valence-corrected chi connectivity index (χ3v) is 2.49. The Morgan fingerprint density at radius 1 is 0.875 bits per heavy atom. The third kappa shape index (κ3) is 4.36. The first-order valence-corrected chi connectivity index (χ1v) is 5.92. The van der Waals surface area contributed by atoms with Gasteiger partial charge < -0.3 is 4.74 Å². The van der Waals surface area contributed by atoms with Crippen molar-refractivity contribution < 1.29 is 4.74 Å². The predicted molar refractivity (Wildman–Crippen MR) is 69.7 cm³/mol. The summed E-state index contributed by atoms with van der Waals surface area (Å²) in [5.74, 6) is 0. The lowest BCUT2D eigenvalue weighted by Crippen LogP contribution is -2.18. The summed E-state index contributed by atoms with van der Waals surface area (Å²) in [5, 5.41) is 0. The predicted octanol–water partition coefficient (Wildman–Crippen LogP) is 4.30. The van der Waals surface area contributed by atoms with Crippen molar-refractivity contribution in [2.45, 2.75) is 59.2 Å². The molecule has 0 aliphatic carbocycles. The van der Waals surface area contributed by atoms with Crippen LogP contribution in [-0.2, 0) is 16.8 Å². The highest BCUT2D eigenvalue weighted by Crippen LogP contribution is 2.22. The summed E-state index contributed by atoms with van der Waals surface area (Å²) in [7, 11) is 0. The SMILES string of the molecule is CC(C)(C)OCc1ccc(C(C)(C)C)cc1. The van der Waals surface area contributed by atoms with Gasteiger partial charge in [-0.1, -0.05) is 45.0 Å². The monoisotopic (exact) mass is 220 g/mol. The molecule has 0 atom stereocenters. The van der Waals surface area contributed by atoms with E-state index in [0.29, 0.717) is 6.61 Å². The summed E-state index contributed by atoms with van der Waals surface area (Å²) in [6.45, 7) is 13.6. The molecule has 0 radical (unpaired) electrons. The summed E-state index contributed by atoms with van der Waals surface area (Å²) in [6.07, 6.45) is 0. The van der Waals surface area contributed by atoms with Crippen LogP contribution in [0.25, 0.3) is 0 Å². The second kappa shape index (κ2) is 4.58. The van der Waals surface area contributed by atoms with Crippen LogP contribution in [0.1, 0.15) is 52.7 Å². The van der Waals surface area contributed by atoms with Crippen molar-refractivity contribution in [1.29, 1.82) is 0 Å². The van der Waals surface area contributed by atoms with E-state index in [4.69, 9.17) is 4.74 Å². The summed E-state index contributed by atoms with van der Waals surface area (Å²) < 4.78 is 5.74. The van der Waals surface area contributed by atoms with Gasteiger partial charge in [0.15, 0.2) is 0 Å². The second-order valence-electron chi connectivity index (χ2n) is 6.35. The largest absolute Gasteiger partial charge is 0.371 e. The molecule has 0 heterocycles. The Morgan fingerprint density at radius 2 is 1.38 bits per heavy atom. The molecule has 0 unspecified atom stereocenters. The lowest BCUT2D eigenvalue weighted by atomic mass is 9.87.